The highest BCUT2D eigenvalue weighted by atomic mass is 32.1. The van der Waals surface area contributed by atoms with Gasteiger partial charge in [-0.3, -0.25) is 0 Å². The van der Waals surface area contributed by atoms with Crippen LogP contribution in [0.2, 0.25) is 0 Å². The van der Waals surface area contributed by atoms with E-state index in [1.54, 1.807) is 7.11 Å². The third-order valence-corrected chi connectivity index (χ3v) is 3.70. The molecule has 1 aromatic heterocycles. The van der Waals surface area contributed by atoms with Crippen LogP contribution in [-0.4, -0.2) is 18.3 Å². The van der Waals surface area contributed by atoms with Crippen LogP contribution >= 0.6 is 11.3 Å². The van der Waals surface area contributed by atoms with Crippen molar-refractivity contribution in [1.82, 2.24) is 4.98 Å². The Morgan fingerprint density at radius 1 is 1.86 bits per heavy atom. The molecule has 78 valence electrons. The average Bonchev–Trinajstić information content (AvgIpc) is 2.67. The molecule has 1 fully saturated rings. The second-order valence-corrected chi connectivity index (χ2v) is 4.72. The van der Waals surface area contributed by atoms with Crippen molar-refractivity contribution in [1.29, 1.82) is 0 Å². The van der Waals surface area contributed by atoms with E-state index in [9.17, 15) is 4.39 Å². The molecule has 0 aliphatic heterocycles. The molecular formula is C9H13FN2OS. The second-order valence-electron chi connectivity index (χ2n) is 3.90. The van der Waals surface area contributed by atoms with Crippen LogP contribution in [0.4, 0.5) is 4.39 Å². The lowest BCUT2D eigenvalue weighted by atomic mass is 9.97. The zero-order chi connectivity index (χ0) is 10.3. The number of nitrogens with two attached hydrogens (primary N) is 1. The number of methoxy groups -OCH3 is 1. The number of hydrogen-bond acceptors (Lipinski definition) is 4. The molecule has 3 atom stereocenters. The van der Waals surface area contributed by atoms with Crippen LogP contribution in [0.5, 0.6) is 5.19 Å². The van der Waals surface area contributed by atoms with E-state index in [1.807, 2.05) is 12.3 Å². The van der Waals surface area contributed by atoms with Crippen LogP contribution in [-0.2, 0) is 0 Å². The van der Waals surface area contributed by atoms with Crippen LogP contribution in [0.25, 0.3) is 0 Å². The molecule has 1 saturated carbocycles. The first-order valence-electron chi connectivity index (χ1n) is 4.47. The van der Waals surface area contributed by atoms with Gasteiger partial charge in [-0.15, -0.1) is 0 Å². The minimum absolute atomic E-state index is 0.322. The fourth-order valence-corrected chi connectivity index (χ4v) is 2.17. The predicted molar refractivity (Wildman–Crippen MR) is 53.2 cm³/mol. The number of alkyl halides is 1. The summed E-state index contributed by atoms with van der Waals surface area (Å²) in [6.45, 7) is 1.86. The van der Waals surface area contributed by atoms with Gasteiger partial charge in [-0.2, -0.15) is 0 Å². The molecule has 0 bridgehead atoms. The zero-order valence-corrected chi connectivity index (χ0v) is 8.97. The van der Waals surface area contributed by atoms with E-state index in [2.05, 4.69) is 4.98 Å². The van der Waals surface area contributed by atoms with Crippen LogP contribution in [0.3, 0.4) is 0 Å². The van der Waals surface area contributed by atoms with Crippen molar-refractivity contribution in [3.05, 3.63) is 11.1 Å². The Hall–Kier alpha value is -0.680. The maximum Gasteiger partial charge on any atom is 0.273 e. The molecule has 2 N–H and O–H groups in total. The lowest BCUT2D eigenvalue weighted by Gasteiger charge is -2.15. The van der Waals surface area contributed by atoms with E-state index in [1.165, 1.54) is 11.3 Å². The van der Waals surface area contributed by atoms with E-state index in [4.69, 9.17) is 10.5 Å². The fraction of sp³-hybridized carbons (Fsp3) is 0.667. The molecule has 0 saturated heterocycles. The van der Waals surface area contributed by atoms with E-state index in [-0.39, 0.29) is 6.04 Å². The molecular weight excluding hydrogens is 203 g/mol. The molecule has 1 aromatic rings. The molecule has 1 aliphatic carbocycles. The molecule has 14 heavy (non-hydrogen) atoms. The lowest BCUT2D eigenvalue weighted by Crippen LogP contribution is -2.22. The number of thiazole rings is 1. The smallest absolute Gasteiger partial charge is 0.273 e. The van der Waals surface area contributed by atoms with Crippen LogP contribution < -0.4 is 10.5 Å². The van der Waals surface area contributed by atoms with Gasteiger partial charge in [0.2, 0.25) is 0 Å². The van der Waals surface area contributed by atoms with Gasteiger partial charge >= 0.3 is 0 Å². The first-order chi connectivity index (χ1) is 6.58. The Labute approximate surface area is 86.1 Å². The largest absolute Gasteiger partial charge is 0.473 e. The topological polar surface area (TPSA) is 48.1 Å². The van der Waals surface area contributed by atoms with Gasteiger partial charge in [0.25, 0.3) is 5.19 Å². The predicted octanol–water partition coefficient (Wildman–Crippen LogP) is 1.90. The Morgan fingerprint density at radius 3 is 2.93 bits per heavy atom. The van der Waals surface area contributed by atoms with Crippen LogP contribution in [0.15, 0.2) is 5.38 Å². The van der Waals surface area contributed by atoms with Gasteiger partial charge in [-0.25, -0.2) is 9.37 Å². The highest BCUT2D eigenvalue weighted by Gasteiger charge is 2.56. The summed E-state index contributed by atoms with van der Waals surface area (Å²) in [5.41, 5.74) is 6.26. The van der Waals surface area contributed by atoms with Crippen molar-refractivity contribution in [3.63, 3.8) is 0 Å². The molecule has 1 aliphatic rings. The van der Waals surface area contributed by atoms with E-state index < -0.39 is 11.6 Å². The number of halogens is 1. The summed E-state index contributed by atoms with van der Waals surface area (Å²) in [6.07, 6.45) is -0.251. The summed E-state index contributed by atoms with van der Waals surface area (Å²) in [4.78, 5) is 4.17. The third-order valence-electron chi connectivity index (χ3n) is 2.88. The lowest BCUT2D eigenvalue weighted by molar-refractivity contribution is 0.327. The Morgan fingerprint density at radius 2 is 2.50 bits per heavy atom. The molecule has 3 unspecified atom stereocenters. The summed E-state index contributed by atoms with van der Waals surface area (Å²) in [6, 6.07) is -0.322. The van der Waals surface area contributed by atoms with E-state index in [0.29, 0.717) is 11.6 Å². The van der Waals surface area contributed by atoms with Crippen LogP contribution in [0, 0.1) is 5.41 Å². The standard InChI is InChI=1S/C9H13FN2OS/c1-9(3-6(9)10)7(11)5-4-14-8(12-5)13-2/h4,6-7H,3,11H2,1-2H3. The Bertz CT molecular complexity index is 343. The maximum absolute atomic E-state index is 13.0. The van der Waals surface area contributed by atoms with E-state index in [0.717, 1.165) is 5.69 Å². The monoisotopic (exact) mass is 216 g/mol. The van der Waals surface area contributed by atoms with Gasteiger partial charge in [-0.05, 0) is 6.42 Å². The highest BCUT2D eigenvalue weighted by molar-refractivity contribution is 7.11. The fourth-order valence-electron chi connectivity index (χ4n) is 1.49. The number of rotatable bonds is 3. The Balaban J connectivity index is 2.15. The highest BCUT2D eigenvalue weighted by Crippen LogP contribution is 2.55. The van der Waals surface area contributed by atoms with Gasteiger partial charge in [0, 0.05) is 10.8 Å². The average molecular weight is 216 g/mol. The van der Waals surface area contributed by atoms with Crippen molar-refractivity contribution >= 4 is 11.3 Å². The summed E-state index contributed by atoms with van der Waals surface area (Å²) in [7, 11) is 1.56. The summed E-state index contributed by atoms with van der Waals surface area (Å²) < 4.78 is 18.0. The van der Waals surface area contributed by atoms with Gasteiger partial charge in [-0.1, -0.05) is 18.3 Å². The molecule has 5 heteroatoms. The van der Waals surface area contributed by atoms with Gasteiger partial charge in [0.1, 0.15) is 6.17 Å². The quantitative estimate of drug-likeness (QED) is 0.839. The third kappa shape index (κ3) is 1.40. The molecule has 0 radical (unpaired) electrons. The number of ether oxygens (including phenoxy) is 1. The molecule has 2 rings (SSSR count). The first kappa shape index (κ1) is 9.86. The molecule has 3 nitrogen and oxygen atoms in total. The minimum atomic E-state index is -0.787. The second kappa shape index (κ2) is 3.17. The first-order valence-corrected chi connectivity index (χ1v) is 5.35. The van der Waals surface area contributed by atoms with Crippen LogP contribution in [0.1, 0.15) is 25.1 Å². The zero-order valence-electron chi connectivity index (χ0n) is 8.16. The SMILES string of the molecule is COc1nc(C(N)C2(C)CC2F)cs1. The molecule has 0 amide bonds. The summed E-state index contributed by atoms with van der Waals surface area (Å²) in [5, 5.41) is 2.41. The molecule has 0 spiro atoms. The number of aromatic nitrogens is 1. The van der Waals surface area contributed by atoms with Crippen molar-refractivity contribution < 1.29 is 9.13 Å². The maximum atomic E-state index is 13.0. The van der Waals surface area contributed by atoms with Gasteiger partial charge in [0.15, 0.2) is 0 Å². The van der Waals surface area contributed by atoms with Crippen molar-refractivity contribution in [3.8, 4) is 5.19 Å². The summed E-state index contributed by atoms with van der Waals surface area (Å²) in [5.74, 6) is 0. The van der Waals surface area contributed by atoms with Crippen molar-refractivity contribution in [2.45, 2.75) is 25.6 Å². The normalized spacial score (nSPS) is 32.7. The van der Waals surface area contributed by atoms with Crippen molar-refractivity contribution in [2.75, 3.05) is 7.11 Å². The molecule has 1 heterocycles. The number of nitrogens with zero attached hydrogens (tertiary/aromatic N) is 1. The van der Waals surface area contributed by atoms with E-state index >= 15 is 0 Å². The molecule has 0 aromatic carbocycles. The number of hydrogen-bond donors (Lipinski definition) is 1. The van der Waals surface area contributed by atoms with Gasteiger partial charge < -0.3 is 10.5 Å². The van der Waals surface area contributed by atoms with Crippen molar-refractivity contribution in [2.24, 2.45) is 11.1 Å². The Kier molecular flexibility index (Phi) is 2.23. The van der Waals surface area contributed by atoms with Gasteiger partial charge in [0.05, 0.1) is 18.8 Å². The minimum Gasteiger partial charge on any atom is -0.473 e. The summed E-state index contributed by atoms with van der Waals surface area (Å²) >= 11 is 1.39.